The summed E-state index contributed by atoms with van der Waals surface area (Å²) >= 11 is 1.88. The molecule has 1 aliphatic heterocycles. The third kappa shape index (κ3) is 3.58. The van der Waals surface area contributed by atoms with Crippen LogP contribution >= 0.6 is 11.8 Å². The Morgan fingerprint density at radius 1 is 1.29 bits per heavy atom. The average Bonchev–Trinajstić information content (AvgIpc) is 3.03. The Balaban J connectivity index is 1.56. The summed E-state index contributed by atoms with van der Waals surface area (Å²) in [5.74, 6) is 3.25. The van der Waals surface area contributed by atoms with Crippen LogP contribution in [0.25, 0.3) is 11.3 Å². The molecule has 1 fully saturated rings. The van der Waals surface area contributed by atoms with Gasteiger partial charge in [-0.15, -0.1) is 0 Å². The molecule has 2 aromatic rings. The van der Waals surface area contributed by atoms with Gasteiger partial charge in [0.1, 0.15) is 0 Å². The summed E-state index contributed by atoms with van der Waals surface area (Å²) in [6, 6.07) is 9.75. The molecule has 1 saturated heterocycles. The van der Waals surface area contributed by atoms with Crippen molar-refractivity contribution in [1.29, 1.82) is 0 Å². The molecule has 0 atom stereocenters. The van der Waals surface area contributed by atoms with E-state index in [-0.39, 0.29) is 6.03 Å². The summed E-state index contributed by atoms with van der Waals surface area (Å²) in [5, 5.41) is 2.85. The van der Waals surface area contributed by atoms with Crippen LogP contribution in [-0.4, -0.2) is 40.5 Å². The number of benzene rings is 1. The van der Waals surface area contributed by atoms with Crippen LogP contribution in [0.3, 0.4) is 0 Å². The normalized spacial score (nSPS) is 15.0. The van der Waals surface area contributed by atoms with E-state index >= 15 is 0 Å². The van der Waals surface area contributed by atoms with Gasteiger partial charge in [-0.05, 0) is 0 Å². The van der Waals surface area contributed by atoms with Crippen molar-refractivity contribution in [3.8, 4) is 11.3 Å². The van der Waals surface area contributed by atoms with Gasteiger partial charge >= 0.3 is 6.03 Å². The monoisotopic (exact) mass is 303 g/mol. The third-order valence-corrected chi connectivity index (χ3v) is 4.24. The number of hydrogen-bond acceptors (Lipinski definition) is 4. The molecule has 1 N–H and O–H groups in total. The molecule has 0 aliphatic carbocycles. The molecule has 0 spiro atoms. The lowest BCUT2D eigenvalue weighted by molar-refractivity contribution is 0.201. The summed E-state index contributed by atoms with van der Waals surface area (Å²) in [5.41, 5.74) is 0.982. The van der Waals surface area contributed by atoms with Crippen LogP contribution in [0, 0.1) is 0 Å². The van der Waals surface area contributed by atoms with Gasteiger partial charge in [0.05, 0.1) is 12.7 Å². The van der Waals surface area contributed by atoms with Gasteiger partial charge in [-0.2, -0.15) is 11.8 Å². The predicted molar refractivity (Wildman–Crippen MR) is 83.1 cm³/mol. The van der Waals surface area contributed by atoms with Crippen molar-refractivity contribution in [3.63, 3.8) is 0 Å². The molecule has 2 amide bonds. The first kappa shape index (κ1) is 14.0. The molecule has 1 aliphatic rings. The molecule has 5 nitrogen and oxygen atoms in total. The fraction of sp³-hybridized carbons (Fsp3) is 0.333. The zero-order valence-electron chi connectivity index (χ0n) is 11.6. The van der Waals surface area contributed by atoms with Crippen molar-refractivity contribution in [2.75, 3.05) is 24.6 Å². The molecule has 6 heteroatoms. The van der Waals surface area contributed by atoms with Gasteiger partial charge in [-0.3, -0.25) is 0 Å². The second-order valence-electron chi connectivity index (χ2n) is 4.74. The van der Waals surface area contributed by atoms with Crippen molar-refractivity contribution >= 4 is 17.8 Å². The number of amides is 2. The van der Waals surface area contributed by atoms with Crippen LogP contribution in [0.1, 0.15) is 5.89 Å². The van der Waals surface area contributed by atoms with Crippen molar-refractivity contribution in [2.24, 2.45) is 0 Å². The number of aromatic nitrogens is 1. The fourth-order valence-electron chi connectivity index (χ4n) is 2.16. The number of carbonyl (C=O) groups is 1. The summed E-state index contributed by atoms with van der Waals surface area (Å²) in [4.78, 5) is 18.0. The van der Waals surface area contributed by atoms with Crippen LogP contribution in [-0.2, 0) is 6.54 Å². The molecule has 1 aromatic heterocycles. The Morgan fingerprint density at radius 2 is 2.05 bits per heavy atom. The van der Waals surface area contributed by atoms with Crippen LogP contribution in [0.2, 0.25) is 0 Å². The van der Waals surface area contributed by atoms with Gasteiger partial charge in [0, 0.05) is 30.2 Å². The van der Waals surface area contributed by atoms with E-state index in [0.29, 0.717) is 18.2 Å². The summed E-state index contributed by atoms with van der Waals surface area (Å²) in [6.45, 7) is 1.92. The number of urea groups is 1. The lowest BCUT2D eigenvalue weighted by Crippen LogP contribution is -2.44. The van der Waals surface area contributed by atoms with Gasteiger partial charge in [-0.1, -0.05) is 30.3 Å². The zero-order chi connectivity index (χ0) is 14.5. The van der Waals surface area contributed by atoms with Crippen molar-refractivity contribution in [3.05, 3.63) is 42.4 Å². The maximum Gasteiger partial charge on any atom is 0.317 e. The predicted octanol–water partition coefficient (Wildman–Crippen LogP) is 2.60. The highest BCUT2D eigenvalue weighted by molar-refractivity contribution is 7.99. The number of thioether (sulfide) groups is 1. The molecule has 0 unspecified atom stereocenters. The van der Waals surface area contributed by atoms with E-state index in [0.717, 1.165) is 30.2 Å². The maximum atomic E-state index is 12.0. The molecule has 3 rings (SSSR count). The largest absolute Gasteiger partial charge is 0.439 e. The van der Waals surface area contributed by atoms with Crippen molar-refractivity contribution < 1.29 is 9.21 Å². The van der Waals surface area contributed by atoms with Crippen molar-refractivity contribution in [2.45, 2.75) is 6.54 Å². The third-order valence-electron chi connectivity index (χ3n) is 3.30. The minimum Gasteiger partial charge on any atom is -0.439 e. The first-order valence-electron chi connectivity index (χ1n) is 6.93. The summed E-state index contributed by atoms with van der Waals surface area (Å²) < 4.78 is 5.66. The van der Waals surface area contributed by atoms with Gasteiger partial charge in [0.25, 0.3) is 0 Å². The van der Waals surface area contributed by atoms with Crippen molar-refractivity contribution in [1.82, 2.24) is 15.2 Å². The smallest absolute Gasteiger partial charge is 0.317 e. The topological polar surface area (TPSA) is 58.4 Å². The molecule has 0 saturated carbocycles. The van der Waals surface area contributed by atoms with Gasteiger partial charge < -0.3 is 14.6 Å². The SMILES string of the molecule is O=C(NCc1ncc(-c2ccccc2)o1)N1CCSCC1. The minimum absolute atomic E-state index is 0.0465. The number of hydrogen-bond donors (Lipinski definition) is 1. The number of nitrogens with one attached hydrogen (secondary N) is 1. The fourth-order valence-corrected chi connectivity index (χ4v) is 3.06. The van der Waals surface area contributed by atoms with E-state index in [1.54, 1.807) is 6.20 Å². The van der Waals surface area contributed by atoms with E-state index in [2.05, 4.69) is 10.3 Å². The molecule has 0 radical (unpaired) electrons. The molecule has 21 heavy (non-hydrogen) atoms. The standard InChI is InChI=1S/C15H17N3O2S/c19-15(18-6-8-21-9-7-18)17-11-14-16-10-13(20-14)12-4-2-1-3-5-12/h1-5,10H,6-9,11H2,(H,17,19). The van der Waals surface area contributed by atoms with E-state index < -0.39 is 0 Å². The number of nitrogens with zero attached hydrogens (tertiary/aromatic N) is 2. The summed E-state index contributed by atoms with van der Waals surface area (Å²) in [7, 11) is 0. The number of carbonyl (C=O) groups excluding carboxylic acids is 1. The van der Waals surface area contributed by atoms with Crippen LogP contribution in [0.4, 0.5) is 4.79 Å². The first-order chi connectivity index (χ1) is 10.3. The van der Waals surface area contributed by atoms with E-state index in [1.165, 1.54) is 0 Å². The number of oxazole rings is 1. The Morgan fingerprint density at radius 3 is 2.81 bits per heavy atom. The van der Waals surface area contributed by atoms with E-state index in [4.69, 9.17) is 4.42 Å². The second-order valence-corrected chi connectivity index (χ2v) is 5.97. The van der Waals surface area contributed by atoms with Gasteiger partial charge in [-0.25, -0.2) is 9.78 Å². The zero-order valence-corrected chi connectivity index (χ0v) is 12.4. The van der Waals surface area contributed by atoms with E-state index in [9.17, 15) is 4.79 Å². The highest BCUT2D eigenvalue weighted by Crippen LogP contribution is 2.19. The first-order valence-corrected chi connectivity index (χ1v) is 8.09. The molecule has 2 heterocycles. The lowest BCUT2D eigenvalue weighted by Gasteiger charge is -2.26. The van der Waals surface area contributed by atoms with Crippen LogP contribution in [0.5, 0.6) is 0 Å². The second kappa shape index (κ2) is 6.67. The molecular weight excluding hydrogens is 286 g/mol. The Kier molecular flexibility index (Phi) is 4.45. The molecule has 0 bridgehead atoms. The Bertz CT molecular complexity index is 594. The minimum atomic E-state index is -0.0465. The highest BCUT2D eigenvalue weighted by Gasteiger charge is 2.16. The summed E-state index contributed by atoms with van der Waals surface area (Å²) in [6.07, 6.45) is 1.69. The molecule has 110 valence electrons. The van der Waals surface area contributed by atoms with Crippen LogP contribution < -0.4 is 5.32 Å². The average molecular weight is 303 g/mol. The van der Waals surface area contributed by atoms with E-state index in [1.807, 2.05) is 47.0 Å². The van der Waals surface area contributed by atoms with Crippen LogP contribution in [0.15, 0.2) is 40.9 Å². The Hall–Kier alpha value is -1.95. The molecular formula is C15H17N3O2S. The maximum absolute atomic E-state index is 12.0. The molecule has 1 aromatic carbocycles. The van der Waals surface area contributed by atoms with Gasteiger partial charge in [0.2, 0.25) is 5.89 Å². The van der Waals surface area contributed by atoms with Gasteiger partial charge in [0.15, 0.2) is 5.76 Å². The Labute approximate surface area is 127 Å². The lowest BCUT2D eigenvalue weighted by atomic mass is 10.2. The quantitative estimate of drug-likeness (QED) is 0.947. The highest BCUT2D eigenvalue weighted by atomic mass is 32.2. The number of rotatable bonds is 3.